The van der Waals surface area contributed by atoms with Gasteiger partial charge in [0, 0.05) is 12.6 Å². The standard InChI is InChI=1S/C17H28N4O2S.HI/c1-3-19-17(21-15-8-4-13(2)5-9-15)20-12-14-6-10-16(11-7-14)24(18,22)23;/h6-7,10-11,13,15H,3-5,8-9,12H2,1-2H3,(H2,18,22,23)(H2,19,20,21);1H. The fourth-order valence-electron chi connectivity index (χ4n) is 2.87. The monoisotopic (exact) mass is 480 g/mol. The summed E-state index contributed by atoms with van der Waals surface area (Å²) in [7, 11) is -3.64. The molecule has 0 heterocycles. The smallest absolute Gasteiger partial charge is 0.238 e. The Morgan fingerprint density at radius 2 is 1.80 bits per heavy atom. The normalized spacial score (nSPS) is 21.3. The van der Waals surface area contributed by atoms with Gasteiger partial charge in [-0.1, -0.05) is 19.1 Å². The molecular weight excluding hydrogens is 451 g/mol. The molecule has 2 rings (SSSR count). The molecule has 0 aromatic heterocycles. The molecule has 0 atom stereocenters. The van der Waals surface area contributed by atoms with E-state index in [2.05, 4.69) is 22.5 Å². The summed E-state index contributed by atoms with van der Waals surface area (Å²) in [6.07, 6.45) is 4.86. The summed E-state index contributed by atoms with van der Waals surface area (Å²) in [6, 6.07) is 7.00. The number of aliphatic imine (C=N–C) groups is 1. The maximum Gasteiger partial charge on any atom is 0.238 e. The highest BCUT2D eigenvalue weighted by Gasteiger charge is 2.18. The Bertz CT molecular complexity index is 654. The van der Waals surface area contributed by atoms with E-state index in [1.54, 1.807) is 12.1 Å². The van der Waals surface area contributed by atoms with Gasteiger partial charge in [-0.3, -0.25) is 0 Å². The van der Waals surface area contributed by atoms with Crippen LogP contribution < -0.4 is 15.8 Å². The molecule has 0 saturated heterocycles. The summed E-state index contributed by atoms with van der Waals surface area (Å²) in [5.74, 6) is 1.63. The second-order valence-electron chi connectivity index (χ2n) is 6.49. The second-order valence-corrected chi connectivity index (χ2v) is 8.05. The summed E-state index contributed by atoms with van der Waals surface area (Å²) in [5, 5.41) is 11.9. The second kappa shape index (κ2) is 10.3. The molecule has 4 N–H and O–H groups in total. The van der Waals surface area contributed by atoms with Crippen molar-refractivity contribution in [3.63, 3.8) is 0 Å². The van der Waals surface area contributed by atoms with Crippen molar-refractivity contribution in [2.24, 2.45) is 16.0 Å². The number of rotatable bonds is 5. The van der Waals surface area contributed by atoms with Gasteiger partial charge in [0.05, 0.1) is 11.4 Å². The largest absolute Gasteiger partial charge is 0.357 e. The zero-order valence-electron chi connectivity index (χ0n) is 14.9. The molecule has 142 valence electrons. The van der Waals surface area contributed by atoms with Gasteiger partial charge in [-0.25, -0.2) is 18.5 Å². The highest BCUT2D eigenvalue weighted by molar-refractivity contribution is 14.0. The first-order valence-corrected chi connectivity index (χ1v) is 10.1. The maximum absolute atomic E-state index is 11.3. The molecule has 1 saturated carbocycles. The number of hydrogen-bond acceptors (Lipinski definition) is 3. The van der Waals surface area contributed by atoms with Gasteiger partial charge in [-0.15, -0.1) is 24.0 Å². The molecule has 0 spiro atoms. The van der Waals surface area contributed by atoms with Gasteiger partial charge in [0.25, 0.3) is 0 Å². The van der Waals surface area contributed by atoms with Gasteiger partial charge in [-0.2, -0.15) is 0 Å². The minimum Gasteiger partial charge on any atom is -0.357 e. The predicted molar refractivity (Wildman–Crippen MR) is 113 cm³/mol. The van der Waals surface area contributed by atoms with Crippen molar-refractivity contribution in [3.8, 4) is 0 Å². The van der Waals surface area contributed by atoms with Crippen molar-refractivity contribution in [2.75, 3.05) is 6.54 Å². The first-order chi connectivity index (χ1) is 11.4. The lowest BCUT2D eigenvalue weighted by Gasteiger charge is -2.28. The van der Waals surface area contributed by atoms with E-state index in [0.29, 0.717) is 12.6 Å². The molecule has 1 aliphatic carbocycles. The van der Waals surface area contributed by atoms with Crippen molar-refractivity contribution in [2.45, 2.75) is 57.0 Å². The summed E-state index contributed by atoms with van der Waals surface area (Å²) in [4.78, 5) is 4.72. The van der Waals surface area contributed by atoms with E-state index in [4.69, 9.17) is 5.14 Å². The Morgan fingerprint density at radius 3 is 2.32 bits per heavy atom. The molecular formula is C17H29IN4O2S. The molecule has 0 aliphatic heterocycles. The number of hydrogen-bond donors (Lipinski definition) is 3. The Balaban J connectivity index is 0.00000312. The van der Waals surface area contributed by atoms with Crippen molar-refractivity contribution < 1.29 is 8.42 Å². The van der Waals surface area contributed by atoms with E-state index >= 15 is 0 Å². The lowest BCUT2D eigenvalue weighted by Crippen LogP contribution is -2.44. The van der Waals surface area contributed by atoms with Crippen LogP contribution in [0.5, 0.6) is 0 Å². The minimum absolute atomic E-state index is 0. The van der Waals surface area contributed by atoms with E-state index in [-0.39, 0.29) is 28.9 Å². The Kier molecular flexibility index (Phi) is 9.15. The third-order valence-electron chi connectivity index (χ3n) is 4.37. The average Bonchev–Trinajstić information content (AvgIpc) is 2.54. The SMILES string of the molecule is CCNC(=NCc1ccc(S(N)(=O)=O)cc1)NC1CCC(C)CC1.I. The van der Waals surface area contributed by atoms with Crippen molar-refractivity contribution in [3.05, 3.63) is 29.8 Å². The van der Waals surface area contributed by atoms with Crippen LogP contribution in [0.4, 0.5) is 0 Å². The minimum atomic E-state index is -3.64. The number of guanidine groups is 1. The maximum atomic E-state index is 11.3. The van der Waals surface area contributed by atoms with Crippen LogP contribution in [-0.2, 0) is 16.6 Å². The van der Waals surface area contributed by atoms with Crippen LogP contribution in [0.25, 0.3) is 0 Å². The number of primary sulfonamides is 1. The molecule has 0 bridgehead atoms. The summed E-state index contributed by atoms with van der Waals surface area (Å²) < 4.78 is 22.5. The van der Waals surface area contributed by atoms with Crippen LogP contribution in [0.3, 0.4) is 0 Å². The molecule has 1 aromatic rings. The van der Waals surface area contributed by atoms with Crippen LogP contribution in [0.15, 0.2) is 34.2 Å². The molecule has 6 nitrogen and oxygen atoms in total. The van der Waals surface area contributed by atoms with Gasteiger partial charge in [-0.05, 0) is 56.2 Å². The summed E-state index contributed by atoms with van der Waals surface area (Å²) >= 11 is 0. The Hall–Kier alpha value is -0.870. The van der Waals surface area contributed by atoms with Gasteiger partial charge < -0.3 is 10.6 Å². The number of sulfonamides is 1. The molecule has 0 radical (unpaired) electrons. The van der Waals surface area contributed by atoms with Crippen LogP contribution in [0, 0.1) is 5.92 Å². The topological polar surface area (TPSA) is 96.6 Å². The van der Waals surface area contributed by atoms with Crippen LogP contribution in [0.2, 0.25) is 0 Å². The van der Waals surface area contributed by atoms with Gasteiger partial charge in [0.2, 0.25) is 10.0 Å². The molecule has 0 amide bonds. The predicted octanol–water partition coefficient (Wildman–Crippen LogP) is 2.59. The molecule has 0 unspecified atom stereocenters. The fraction of sp³-hybridized carbons (Fsp3) is 0.588. The first-order valence-electron chi connectivity index (χ1n) is 8.55. The molecule has 1 fully saturated rings. The van der Waals surface area contributed by atoms with Crippen LogP contribution in [-0.4, -0.2) is 27.0 Å². The number of nitrogens with zero attached hydrogens (tertiary/aromatic N) is 1. The zero-order chi connectivity index (χ0) is 17.6. The quantitative estimate of drug-likeness (QED) is 0.343. The molecule has 1 aliphatic rings. The first kappa shape index (κ1) is 22.2. The van der Waals surface area contributed by atoms with E-state index in [0.717, 1.165) is 24.0 Å². The third kappa shape index (κ3) is 7.49. The number of nitrogens with one attached hydrogen (secondary N) is 2. The lowest BCUT2D eigenvalue weighted by molar-refractivity contribution is 0.329. The molecule has 1 aromatic carbocycles. The third-order valence-corrected chi connectivity index (χ3v) is 5.30. The molecule has 8 heteroatoms. The highest BCUT2D eigenvalue weighted by atomic mass is 127. The van der Waals surface area contributed by atoms with E-state index in [9.17, 15) is 8.42 Å². The van der Waals surface area contributed by atoms with Crippen LogP contribution in [0.1, 0.15) is 45.1 Å². The van der Waals surface area contributed by atoms with E-state index < -0.39 is 10.0 Å². The zero-order valence-corrected chi connectivity index (χ0v) is 18.0. The van der Waals surface area contributed by atoms with Gasteiger partial charge in [0.15, 0.2) is 5.96 Å². The van der Waals surface area contributed by atoms with Crippen LogP contribution >= 0.6 is 24.0 Å². The number of nitrogens with two attached hydrogens (primary N) is 1. The van der Waals surface area contributed by atoms with E-state index in [1.165, 1.54) is 37.8 Å². The van der Waals surface area contributed by atoms with E-state index in [1.807, 2.05) is 6.92 Å². The number of halogens is 1. The highest BCUT2D eigenvalue weighted by Crippen LogP contribution is 2.23. The molecule has 25 heavy (non-hydrogen) atoms. The van der Waals surface area contributed by atoms with Crippen molar-refractivity contribution >= 4 is 40.0 Å². The fourth-order valence-corrected chi connectivity index (χ4v) is 3.39. The van der Waals surface area contributed by atoms with Crippen molar-refractivity contribution in [1.29, 1.82) is 0 Å². The van der Waals surface area contributed by atoms with Gasteiger partial charge in [0.1, 0.15) is 0 Å². The van der Waals surface area contributed by atoms with Gasteiger partial charge >= 0.3 is 0 Å². The Labute approximate surface area is 168 Å². The average molecular weight is 480 g/mol. The van der Waals surface area contributed by atoms with Crippen molar-refractivity contribution in [1.82, 2.24) is 10.6 Å². The Morgan fingerprint density at radius 1 is 1.20 bits per heavy atom. The lowest BCUT2D eigenvalue weighted by atomic mass is 9.87. The summed E-state index contributed by atoms with van der Waals surface area (Å²) in [5.41, 5.74) is 0.942. The number of benzene rings is 1. The summed E-state index contributed by atoms with van der Waals surface area (Å²) in [6.45, 7) is 5.64.